The van der Waals surface area contributed by atoms with Crippen LogP contribution in [0.5, 0.6) is 0 Å². The van der Waals surface area contributed by atoms with E-state index >= 15 is 0 Å². The van der Waals surface area contributed by atoms with Gasteiger partial charge in [-0.2, -0.15) is 5.26 Å². The smallest absolute Gasteiger partial charge is 0.246 e. The van der Waals surface area contributed by atoms with Crippen molar-refractivity contribution in [2.45, 2.75) is 26.8 Å². The van der Waals surface area contributed by atoms with Gasteiger partial charge in [-0.15, -0.1) is 0 Å². The highest BCUT2D eigenvalue weighted by molar-refractivity contribution is 5.88. The van der Waals surface area contributed by atoms with Gasteiger partial charge in [-0.05, 0) is 44.5 Å². The van der Waals surface area contributed by atoms with Gasteiger partial charge in [-0.1, -0.05) is 42.0 Å². The molecule has 136 valence electrons. The molecule has 1 aliphatic rings. The number of carbonyl (C=O) groups excluding carboxylic acids is 1. The van der Waals surface area contributed by atoms with Gasteiger partial charge in [0, 0.05) is 37.8 Å². The Morgan fingerprint density at radius 3 is 2.73 bits per heavy atom. The summed E-state index contributed by atoms with van der Waals surface area (Å²) in [6, 6.07) is 12.5. The normalized spacial score (nSPS) is 15.7. The predicted octanol–water partition coefficient (Wildman–Crippen LogP) is 3.69. The summed E-state index contributed by atoms with van der Waals surface area (Å²) in [6.07, 6.45) is 6.35. The number of nitrogens with zero attached hydrogens (tertiary/aromatic N) is 3. The van der Waals surface area contributed by atoms with Gasteiger partial charge >= 0.3 is 0 Å². The van der Waals surface area contributed by atoms with Crippen LogP contribution in [0, 0.1) is 11.3 Å². The fraction of sp³-hybridized carbons (Fsp3) is 0.364. The molecular formula is C22H27N3O. The molecule has 0 bridgehead atoms. The molecule has 0 saturated heterocycles. The predicted molar refractivity (Wildman–Crippen MR) is 105 cm³/mol. The third-order valence-corrected chi connectivity index (χ3v) is 4.48. The Kier molecular flexibility index (Phi) is 7.37. The third kappa shape index (κ3) is 6.02. The molecule has 4 heteroatoms. The number of rotatable bonds is 6. The van der Waals surface area contributed by atoms with Crippen LogP contribution in [-0.4, -0.2) is 42.4 Å². The van der Waals surface area contributed by atoms with Crippen molar-refractivity contribution in [3.8, 4) is 6.07 Å². The van der Waals surface area contributed by atoms with E-state index in [0.29, 0.717) is 18.7 Å². The van der Waals surface area contributed by atoms with Crippen LogP contribution in [-0.2, 0) is 11.3 Å². The Labute approximate surface area is 156 Å². The Morgan fingerprint density at radius 1 is 1.35 bits per heavy atom. The fourth-order valence-corrected chi connectivity index (χ4v) is 3.01. The molecule has 0 radical (unpaired) electrons. The Hall–Kier alpha value is -2.64. The summed E-state index contributed by atoms with van der Waals surface area (Å²) < 4.78 is 0. The van der Waals surface area contributed by atoms with E-state index in [-0.39, 0.29) is 5.91 Å². The zero-order valence-corrected chi connectivity index (χ0v) is 15.9. The number of likely N-dealkylation sites (N-methyl/N-ethyl adjacent to an activating group) is 1. The summed E-state index contributed by atoms with van der Waals surface area (Å²) in [5.41, 5.74) is 4.31. The first-order valence-corrected chi connectivity index (χ1v) is 8.94. The lowest BCUT2D eigenvalue weighted by atomic mass is 9.99. The average Bonchev–Trinajstić information content (AvgIpc) is 2.63. The minimum Gasteiger partial charge on any atom is -0.335 e. The molecule has 1 heterocycles. The zero-order valence-electron chi connectivity index (χ0n) is 15.9. The van der Waals surface area contributed by atoms with Crippen LogP contribution in [0.3, 0.4) is 0 Å². The molecule has 0 spiro atoms. The van der Waals surface area contributed by atoms with Gasteiger partial charge in [0.1, 0.15) is 0 Å². The second-order valence-electron chi connectivity index (χ2n) is 6.84. The maximum Gasteiger partial charge on any atom is 0.246 e. The standard InChI is InChI=1S/C22H27N3O/c1-18(15-23)14-21-11-13-25(16-19(21)2)22(26)10-7-12-24(3)17-20-8-5-4-6-9-20/h4-10,14H,11-13,16-17H2,1-3H3/b10-7+,18-14+. The van der Waals surface area contributed by atoms with Crippen molar-refractivity contribution >= 4 is 5.91 Å². The summed E-state index contributed by atoms with van der Waals surface area (Å²) >= 11 is 0. The summed E-state index contributed by atoms with van der Waals surface area (Å²) in [5, 5.41) is 8.91. The van der Waals surface area contributed by atoms with Crippen molar-refractivity contribution < 1.29 is 4.79 Å². The van der Waals surface area contributed by atoms with Crippen LogP contribution in [0.1, 0.15) is 25.8 Å². The lowest BCUT2D eigenvalue weighted by Crippen LogP contribution is -2.35. The molecular weight excluding hydrogens is 322 g/mol. The lowest BCUT2D eigenvalue weighted by molar-refractivity contribution is -0.125. The second-order valence-corrected chi connectivity index (χ2v) is 6.84. The van der Waals surface area contributed by atoms with E-state index in [9.17, 15) is 4.79 Å². The largest absolute Gasteiger partial charge is 0.335 e. The molecule has 0 saturated carbocycles. The lowest BCUT2D eigenvalue weighted by Gasteiger charge is -2.28. The van der Waals surface area contributed by atoms with Gasteiger partial charge in [-0.25, -0.2) is 0 Å². The number of amides is 1. The van der Waals surface area contributed by atoms with E-state index < -0.39 is 0 Å². The first-order valence-electron chi connectivity index (χ1n) is 8.94. The monoisotopic (exact) mass is 349 g/mol. The molecule has 1 amide bonds. The maximum atomic E-state index is 12.4. The van der Waals surface area contributed by atoms with E-state index in [4.69, 9.17) is 5.26 Å². The molecule has 1 aliphatic heterocycles. The number of hydrogen-bond donors (Lipinski definition) is 0. The van der Waals surface area contributed by atoms with Crippen molar-refractivity contribution in [3.63, 3.8) is 0 Å². The molecule has 26 heavy (non-hydrogen) atoms. The molecule has 0 atom stereocenters. The molecule has 0 N–H and O–H groups in total. The van der Waals surface area contributed by atoms with Crippen LogP contribution in [0.25, 0.3) is 0 Å². The summed E-state index contributed by atoms with van der Waals surface area (Å²) in [4.78, 5) is 16.4. The van der Waals surface area contributed by atoms with Gasteiger partial charge in [0.2, 0.25) is 5.91 Å². The Morgan fingerprint density at radius 2 is 2.08 bits per heavy atom. The second kappa shape index (κ2) is 9.74. The highest BCUT2D eigenvalue weighted by Gasteiger charge is 2.18. The van der Waals surface area contributed by atoms with Crippen LogP contribution < -0.4 is 0 Å². The van der Waals surface area contributed by atoms with Crippen molar-refractivity contribution in [2.75, 3.05) is 26.7 Å². The molecule has 4 nitrogen and oxygen atoms in total. The van der Waals surface area contributed by atoms with E-state index in [1.165, 1.54) is 11.1 Å². The van der Waals surface area contributed by atoms with E-state index in [0.717, 1.165) is 25.1 Å². The summed E-state index contributed by atoms with van der Waals surface area (Å²) in [5.74, 6) is 0.0532. The van der Waals surface area contributed by atoms with Crippen molar-refractivity contribution in [2.24, 2.45) is 0 Å². The minimum atomic E-state index is 0.0532. The first kappa shape index (κ1) is 19.7. The van der Waals surface area contributed by atoms with E-state index in [1.807, 2.05) is 56.1 Å². The van der Waals surface area contributed by atoms with Gasteiger partial charge in [0.25, 0.3) is 0 Å². The molecule has 0 fully saturated rings. The van der Waals surface area contributed by atoms with E-state index in [1.54, 1.807) is 6.08 Å². The van der Waals surface area contributed by atoms with Crippen molar-refractivity contribution in [1.29, 1.82) is 5.26 Å². The zero-order chi connectivity index (χ0) is 18.9. The average molecular weight is 349 g/mol. The first-order chi connectivity index (χ1) is 12.5. The number of allylic oxidation sites excluding steroid dienone is 2. The quantitative estimate of drug-likeness (QED) is 0.581. The van der Waals surface area contributed by atoms with Crippen LogP contribution >= 0.6 is 0 Å². The maximum absolute atomic E-state index is 12.4. The summed E-state index contributed by atoms with van der Waals surface area (Å²) in [6.45, 7) is 6.77. The molecule has 0 aromatic heterocycles. The molecule has 0 aliphatic carbocycles. The van der Waals surface area contributed by atoms with Crippen molar-refractivity contribution in [1.82, 2.24) is 9.80 Å². The third-order valence-electron chi connectivity index (χ3n) is 4.48. The van der Waals surface area contributed by atoms with Gasteiger partial charge in [0.05, 0.1) is 6.07 Å². The van der Waals surface area contributed by atoms with Gasteiger partial charge in [-0.3, -0.25) is 9.69 Å². The van der Waals surface area contributed by atoms with Crippen LogP contribution in [0.2, 0.25) is 0 Å². The van der Waals surface area contributed by atoms with Gasteiger partial charge < -0.3 is 4.90 Å². The molecule has 1 aromatic carbocycles. The number of hydrogen-bond acceptors (Lipinski definition) is 3. The van der Waals surface area contributed by atoms with Gasteiger partial charge in [0.15, 0.2) is 0 Å². The summed E-state index contributed by atoms with van der Waals surface area (Å²) in [7, 11) is 2.05. The van der Waals surface area contributed by atoms with Crippen molar-refractivity contribution in [3.05, 3.63) is 70.8 Å². The number of nitriles is 1. The molecule has 1 aromatic rings. The van der Waals surface area contributed by atoms with E-state index in [2.05, 4.69) is 23.1 Å². The topological polar surface area (TPSA) is 47.3 Å². The number of benzene rings is 1. The highest BCUT2D eigenvalue weighted by atomic mass is 16.2. The molecule has 2 rings (SSSR count). The number of carbonyl (C=O) groups is 1. The van der Waals surface area contributed by atoms with Crippen LogP contribution in [0.4, 0.5) is 0 Å². The Balaban J connectivity index is 1.85. The van der Waals surface area contributed by atoms with Crippen LogP contribution in [0.15, 0.2) is 65.3 Å². The SMILES string of the molecule is CC1=C(/C=C(\C)C#N)CCN(C(=O)/C=C/CN(C)Cc2ccccc2)C1. The Bertz CT molecular complexity index is 753. The molecule has 0 unspecified atom stereocenters. The minimum absolute atomic E-state index is 0.0532. The highest BCUT2D eigenvalue weighted by Crippen LogP contribution is 2.20. The fourth-order valence-electron chi connectivity index (χ4n) is 3.01.